The van der Waals surface area contributed by atoms with E-state index in [0.717, 1.165) is 23.6 Å². The molecule has 3 aliphatic heterocycles. The third kappa shape index (κ3) is 3.80. The van der Waals surface area contributed by atoms with Gasteiger partial charge in [-0.1, -0.05) is 38.5 Å². The van der Waals surface area contributed by atoms with Crippen molar-refractivity contribution in [3.05, 3.63) is 24.0 Å². The molecule has 0 unspecified atom stereocenters. The fourth-order valence-corrected chi connectivity index (χ4v) is 7.07. The van der Waals surface area contributed by atoms with Gasteiger partial charge in [0.2, 0.25) is 0 Å². The van der Waals surface area contributed by atoms with Crippen molar-refractivity contribution in [1.29, 1.82) is 0 Å². The molecule has 4 aliphatic rings. The zero-order valence-electron chi connectivity index (χ0n) is 17.9. The summed E-state index contributed by atoms with van der Waals surface area (Å²) in [6.45, 7) is -0.0148. The SMILES string of the molecule is O=C(c1cccn1C(F)F)N1C[C@H]2C[C@@H](C1)[C@H](CC1CCCCC1)N1CCCC[C@@H]21. The van der Waals surface area contributed by atoms with Crippen molar-refractivity contribution >= 4 is 5.91 Å². The number of likely N-dealkylation sites (tertiary alicyclic amines) is 1. The lowest BCUT2D eigenvalue weighted by atomic mass is 9.69. The third-order valence-corrected chi connectivity index (χ3v) is 8.42. The number of hydrogen-bond acceptors (Lipinski definition) is 2. The Morgan fingerprint density at radius 2 is 1.80 bits per heavy atom. The van der Waals surface area contributed by atoms with Gasteiger partial charge in [-0.05, 0) is 62.1 Å². The van der Waals surface area contributed by atoms with Crippen molar-refractivity contribution in [1.82, 2.24) is 14.4 Å². The lowest BCUT2D eigenvalue weighted by Crippen LogP contribution is -2.64. The van der Waals surface area contributed by atoms with Crippen LogP contribution in [0.25, 0.3) is 0 Å². The fourth-order valence-electron chi connectivity index (χ4n) is 7.07. The van der Waals surface area contributed by atoms with E-state index in [2.05, 4.69) is 4.90 Å². The number of halogens is 2. The molecule has 0 spiro atoms. The van der Waals surface area contributed by atoms with E-state index in [1.165, 1.54) is 76.9 Å². The van der Waals surface area contributed by atoms with Crippen LogP contribution >= 0.6 is 0 Å². The number of aromatic nitrogens is 1. The largest absolute Gasteiger partial charge is 0.337 e. The van der Waals surface area contributed by atoms with Crippen LogP contribution < -0.4 is 0 Å². The standard InChI is InChI=1S/C24H35F2N3O/c25-24(26)29-12-6-10-21(29)23(30)27-15-18-14-19(16-27)22(13-17-7-2-1-3-8-17)28-11-5-4-9-20(18)28/h6,10,12,17-20,22,24H,1-5,7-9,11,13-16H2/t18-,19+,20+,22+/m1/s1. The van der Waals surface area contributed by atoms with Crippen LogP contribution in [0.4, 0.5) is 8.78 Å². The smallest absolute Gasteiger partial charge is 0.319 e. The number of amides is 1. The molecular formula is C24H35F2N3O. The van der Waals surface area contributed by atoms with E-state index in [9.17, 15) is 13.6 Å². The van der Waals surface area contributed by atoms with Gasteiger partial charge in [0.25, 0.3) is 5.91 Å². The van der Waals surface area contributed by atoms with Crippen LogP contribution in [0, 0.1) is 17.8 Å². The maximum absolute atomic E-state index is 13.3. The molecule has 1 aromatic rings. The van der Waals surface area contributed by atoms with Crippen molar-refractivity contribution in [3.63, 3.8) is 0 Å². The second-order valence-electron chi connectivity index (χ2n) is 10.2. The number of alkyl halides is 2. The van der Waals surface area contributed by atoms with E-state index in [4.69, 9.17) is 0 Å². The molecule has 3 saturated heterocycles. The van der Waals surface area contributed by atoms with Crippen LogP contribution in [0.5, 0.6) is 0 Å². The van der Waals surface area contributed by atoms with Crippen LogP contribution in [0.2, 0.25) is 0 Å². The molecule has 0 N–H and O–H groups in total. The Morgan fingerprint density at radius 3 is 2.60 bits per heavy atom. The van der Waals surface area contributed by atoms with Crippen LogP contribution in [-0.2, 0) is 0 Å². The predicted octanol–water partition coefficient (Wildman–Crippen LogP) is 5.17. The monoisotopic (exact) mass is 419 g/mol. The van der Waals surface area contributed by atoms with Crippen LogP contribution in [0.3, 0.4) is 0 Å². The predicted molar refractivity (Wildman–Crippen MR) is 113 cm³/mol. The molecule has 4 atom stereocenters. The molecule has 4 nitrogen and oxygen atoms in total. The zero-order chi connectivity index (χ0) is 20.7. The van der Waals surface area contributed by atoms with E-state index in [0.29, 0.717) is 23.9 Å². The molecule has 0 aromatic carbocycles. The van der Waals surface area contributed by atoms with Crippen molar-refractivity contribution < 1.29 is 13.6 Å². The number of carbonyl (C=O) groups excluding carboxylic acids is 1. The van der Waals surface area contributed by atoms with Crippen molar-refractivity contribution in [2.75, 3.05) is 19.6 Å². The Labute approximate surface area is 178 Å². The molecule has 30 heavy (non-hydrogen) atoms. The minimum Gasteiger partial charge on any atom is -0.337 e. The number of fused-ring (bicyclic) bond motifs is 4. The van der Waals surface area contributed by atoms with E-state index in [1.807, 2.05) is 4.90 Å². The summed E-state index contributed by atoms with van der Waals surface area (Å²) in [6.07, 6.45) is 14.4. The van der Waals surface area contributed by atoms with Crippen molar-refractivity contribution in [3.8, 4) is 0 Å². The first-order valence-corrected chi connectivity index (χ1v) is 12.1. The first-order valence-electron chi connectivity index (χ1n) is 12.1. The lowest BCUT2D eigenvalue weighted by molar-refractivity contribution is -0.0728. The lowest BCUT2D eigenvalue weighted by Gasteiger charge is -2.57. The Kier molecular flexibility index (Phi) is 5.87. The number of nitrogens with zero attached hydrogens (tertiary/aromatic N) is 3. The normalized spacial score (nSPS) is 33.0. The van der Waals surface area contributed by atoms with Crippen LogP contribution in [-0.4, -0.2) is 52.0 Å². The summed E-state index contributed by atoms with van der Waals surface area (Å²) in [5.74, 6) is 1.59. The maximum atomic E-state index is 13.3. The minimum atomic E-state index is -2.67. The number of rotatable bonds is 4. The summed E-state index contributed by atoms with van der Waals surface area (Å²) < 4.78 is 27.5. The molecule has 1 aromatic heterocycles. The Balaban J connectivity index is 1.37. The van der Waals surface area contributed by atoms with Crippen LogP contribution in [0.15, 0.2) is 18.3 Å². The molecular weight excluding hydrogens is 384 g/mol. The summed E-state index contributed by atoms with van der Waals surface area (Å²) in [5, 5.41) is 0. The minimum absolute atomic E-state index is 0.134. The van der Waals surface area contributed by atoms with Gasteiger partial charge in [0.05, 0.1) is 0 Å². The highest BCUT2D eigenvalue weighted by molar-refractivity contribution is 5.93. The van der Waals surface area contributed by atoms with Crippen LogP contribution in [0.1, 0.15) is 81.2 Å². The van der Waals surface area contributed by atoms with Gasteiger partial charge >= 0.3 is 6.55 Å². The van der Waals surface area contributed by atoms with Gasteiger partial charge in [-0.25, -0.2) is 0 Å². The molecule has 5 rings (SSSR count). The average molecular weight is 420 g/mol. The van der Waals surface area contributed by atoms with Gasteiger partial charge in [0, 0.05) is 31.4 Å². The third-order valence-electron chi connectivity index (χ3n) is 8.42. The van der Waals surface area contributed by atoms with Gasteiger partial charge in [-0.2, -0.15) is 8.78 Å². The van der Waals surface area contributed by atoms with E-state index >= 15 is 0 Å². The van der Waals surface area contributed by atoms with Gasteiger partial charge < -0.3 is 4.90 Å². The summed E-state index contributed by atoms with van der Waals surface area (Å²) in [5.41, 5.74) is 0.134. The summed E-state index contributed by atoms with van der Waals surface area (Å²) >= 11 is 0. The molecule has 4 heterocycles. The molecule has 1 aliphatic carbocycles. The van der Waals surface area contributed by atoms with Crippen molar-refractivity contribution in [2.45, 2.75) is 82.8 Å². The topological polar surface area (TPSA) is 28.5 Å². The van der Waals surface area contributed by atoms with Gasteiger partial charge in [-0.15, -0.1) is 0 Å². The van der Waals surface area contributed by atoms with E-state index < -0.39 is 6.55 Å². The highest BCUT2D eigenvalue weighted by Gasteiger charge is 2.48. The molecule has 2 bridgehead atoms. The summed E-state index contributed by atoms with van der Waals surface area (Å²) in [7, 11) is 0. The quantitative estimate of drug-likeness (QED) is 0.674. The highest BCUT2D eigenvalue weighted by atomic mass is 19.3. The first kappa shape index (κ1) is 20.5. The highest BCUT2D eigenvalue weighted by Crippen LogP contribution is 2.44. The zero-order valence-corrected chi connectivity index (χ0v) is 17.9. The summed E-state index contributed by atoms with van der Waals surface area (Å²) in [6, 6.07) is 4.23. The second kappa shape index (κ2) is 8.60. The molecule has 4 fully saturated rings. The Hall–Kier alpha value is -1.43. The molecule has 1 amide bonds. The first-order chi connectivity index (χ1) is 14.6. The van der Waals surface area contributed by atoms with Crippen molar-refractivity contribution in [2.24, 2.45) is 17.8 Å². The Morgan fingerprint density at radius 1 is 1.03 bits per heavy atom. The molecule has 1 saturated carbocycles. The molecule has 0 radical (unpaired) electrons. The number of carbonyl (C=O) groups is 1. The Bertz CT molecular complexity index is 745. The average Bonchev–Trinajstić information content (AvgIpc) is 3.27. The maximum Gasteiger partial charge on any atom is 0.319 e. The van der Waals surface area contributed by atoms with E-state index in [1.54, 1.807) is 12.1 Å². The molecule has 166 valence electrons. The number of hydrogen-bond donors (Lipinski definition) is 0. The molecule has 6 heteroatoms. The van der Waals surface area contributed by atoms with Gasteiger partial charge in [0.15, 0.2) is 0 Å². The van der Waals surface area contributed by atoms with Gasteiger partial charge in [0.1, 0.15) is 5.69 Å². The fraction of sp³-hybridized carbons (Fsp3) is 0.792. The second-order valence-corrected chi connectivity index (χ2v) is 10.2. The summed E-state index contributed by atoms with van der Waals surface area (Å²) in [4.78, 5) is 18.0. The van der Waals surface area contributed by atoms with E-state index in [-0.39, 0.29) is 11.6 Å². The van der Waals surface area contributed by atoms with Gasteiger partial charge in [-0.3, -0.25) is 14.3 Å². The number of piperidine rings is 3.